The summed E-state index contributed by atoms with van der Waals surface area (Å²) in [6.45, 7) is 3.89. The van der Waals surface area contributed by atoms with Crippen LogP contribution >= 0.6 is 23.4 Å². The zero-order valence-corrected chi connectivity index (χ0v) is 11.8. The van der Waals surface area contributed by atoms with Gasteiger partial charge in [0.2, 0.25) is 0 Å². The number of pyridine rings is 1. The summed E-state index contributed by atoms with van der Waals surface area (Å²) in [5, 5.41) is 4.11. The monoisotopic (exact) mass is 278 g/mol. The van der Waals surface area contributed by atoms with E-state index in [4.69, 9.17) is 11.6 Å². The van der Waals surface area contributed by atoms with Crippen LogP contribution in [0.4, 0.5) is 0 Å². The lowest BCUT2D eigenvalue weighted by molar-refractivity contribution is 0.718. The molecule has 1 aromatic heterocycles. The molecule has 0 unspecified atom stereocenters. The average Bonchev–Trinajstić information content (AvgIpc) is 2.40. The lowest BCUT2D eigenvalue weighted by Gasteiger charge is -2.10. The fourth-order valence-electron chi connectivity index (χ4n) is 1.58. The first-order valence-corrected chi connectivity index (χ1v) is 7.06. The molecule has 1 N–H and O–H groups in total. The molecule has 0 saturated heterocycles. The summed E-state index contributed by atoms with van der Waals surface area (Å²) in [6, 6.07) is 10.0. The maximum absolute atomic E-state index is 6.05. The Labute approximate surface area is 117 Å². The van der Waals surface area contributed by atoms with Gasteiger partial charge in [0.15, 0.2) is 0 Å². The molecule has 2 nitrogen and oxygen atoms in total. The van der Waals surface area contributed by atoms with Crippen LogP contribution in [-0.4, -0.2) is 11.5 Å². The highest BCUT2D eigenvalue weighted by Gasteiger charge is 2.05. The maximum Gasteiger partial charge on any atom is 0.0410 e. The van der Waals surface area contributed by atoms with Crippen molar-refractivity contribution in [2.24, 2.45) is 0 Å². The predicted octanol–water partition coefficient (Wildman–Crippen LogP) is 4.00. The first-order chi connectivity index (χ1) is 8.79. The second-order valence-electron chi connectivity index (χ2n) is 3.82. The minimum absolute atomic E-state index is 0.780. The second kappa shape index (κ2) is 6.78. The summed E-state index contributed by atoms with van der Waals surface area (Å²) in [5.41, 5.74) is 1.23. The van der Waals surface area contributed by atoms with Crippen molar-refractivity contribution < 1.29 is 0 Å². The standard InChI is InChI=1S/C14H15ClN2S/c1-2-16-10-11-9-12(15)3-4-14(11)18-13-5-7-17-8-6-13/h3-9,16H,2,10H2,1H3. The molecule has 0 aliphatic heterocycles. The van der Waals surface area contributed by atoms with Crippen molar-refractivity contribution in [3.05, 3.63) is 53.3 Å². The van der Waals surface area contributed by atoms with Gasteiger partial charge in [-0.1, -0.05) is 30.3 Å². The zero-order chi connectivity index (χ0) is 12.8. The van der Waals surface area contributed by atoms with E-state index >= 15 is 0 Å². The minimum atomic E-state index is 0.780. The Balaban J connectivity index is 2.21. The highest BCUT2D eigenvalue weighted by Crippen LogP contribution is 2.31. The van der Waals surface area contributed by atoms with Crippen molar-refractivity contribution in [1.82, 2.24) is 10.3 Å². The molecule has 0 aliphatic rings. The number of hydrogen-bond donors (Lipinski definition) is 1. The molecule has 0 aliphatic carbocycles. The lowest BCUT2D eigenvalue weighted by Crippen LogP contribution is -2.12. The van der Waals surface area contributed by atoms with E-state index in [1.165, 1.54) is 15.4 Å². The Bertz CT molecular complexity index is 502. The van der Waals surface area contributed by atoms with Crippen LogP contribution in [0.15, 0.2) is 52.5 Å². The van der Waals surface area contributed by atoms with Crippen molar-refractivity contribution >= 4 is 23.4 Å². The van der Waals surface area contributed by atoms with Gasteiger partial charge in [-0.2, -0.15) is 0 Å². The lowest BCUT2D eigenvalue weighted by atomic mass is 10.2. The first kappa shape index (κ1) is 13.4. The van der Waals surface area contributed by atoms with E-state index in [0.717, 1.165) is 18.1 Å². The van der Waals surface area contributed by atoms with E-state index in [1.807, 2.05) is 36.7 Å². The summed E-state index contributed by atoms with van der Waals surface area (Å²) in [7, 11) is 0. The van der Waals surface area contributed by atoms with Crippen LogP contribution in [0.1, 0.15) is 12.5 Å². The van der Waals surface area contributed by atoms with Crippen LogP contribution in [0, 0.1) is 0 Å². The van der Waals surface area contributed by atoms with Crippen molar-refractivity contribution in [2.45, 2.75) is 23.3 Å². The number of rotatable bonds is 5. The SMILES string of the molecule is CCNCc1cc(Cl)ccc1Sc1ccncc1. The number of halogens is 1. The van der Waals surface area contributed by atoms with Crippen molar-refractivity contribution in [3.8, 4) is 0 Å². The van der Waals surface area contributed by atoms with E-state index in [1.54, 1.807) is 11.8 Å². The predicted molar refractivity (Wildman–Crippen MR) is 77.2 cm³/mol. The van der Waals surface area contributed by atoms with E-state index < -0.39 is 0 Å². The van der Waals surface area contributed by atoms with Crippen LogP contribution < -0.4 is 5.32 Å². The summed E-state index contributed by atoms with van der Waals surface area (Å²) in [5.74, 6) is 0. The summed E-state index contributed by atoms with van der Waals surface area (Å²) in [6.07, 6.45) is 3.62. The Morgan fingerprint density at radius 1 is 1.22 bits per heavy atom. The fraction of sp³-hybridized carbons (Fsp3) is 0.214. The molecule has 0 radical (unpaired) electrons. The van der Waals surface area contributed by atoms with Crippen molar-refractivity contribution in [2.75, 3.05) is 6.54 Å². The molecule has 18 heavy (non-hydrogen) atoms. The smallest absolute Gasteiger partial charge is 0.0410 e. The molecular weight excluding hydrogens is 264 g/mol. The summed E-state index contributed by atoms with van der Waals surface area (Å²) in [4.78, 5) is 6.44. The Morgan fingerprint density at radius 2 is 2.00 bits per heavy atom. The third-order valence-corrected chi connectivity index (χ3v) is 3.83. The molecule has 0 amide bonds. The molecule has 4 heteroatoms. The molecule has 0 atom stereocenters. The maximum atomic E-state index is 6.05. The van der Waals surface area contributed by atoms with Gasteiger partial charge in [0.25, 0.3) is 0 Å². The fourth-order valence-corrected chi connectivity index (χ4v) is 2.68. The highest BCUT2D eigenvalue weighted by molar-refractivity contribution is 7.99. The number of aromatic nitrogens is 1. The van der Waals surface area contributed by atoms with Crippen molar-refractivity contribution in [1.29, 1.82) is 0 Å². The van der Waals surface area contributed by atoms with E-state index in [0.29, 0.717) is 0 Å². The molecule has 1 heterocycles. The molecule has 94 valence electrons. The number of benzene rings is 1. The van der Waals surface area contributed by atoms with Crippen LogP contribution in [0.25, 0.3) is 0 Å². The molecule has 0 saturated carbocycles. The second-order valence-corrected chi connectivity index (χ2v) is 5.37. The molecule has 2 rings (SSSR count). The normalized spacial score (nSPS) is 10.6. The Kier molecular flexibility index (Phi) is 5.05. The van der Waals surface area contributed by atoms with E-state index in [-0.39, 0.29) is 0 Å². The van der Waals surface area contributed by atoms with Gasteiger partial charge in [0, 0.05) is 33.8 Å². The number of nitrogens with one attached hydrogen (secondary N) is 1. The molecule has 2 aromatic rings. The van der Waals surface area contributed by atoms with Crippen LogP contribution in [0.2, 0.25) is 5.02 Å². The van der Waals surface area contributed by atoms with Gasteiger partial charge in [-0.15, -0.1) is 0 Å². The third-order valence-electron chi connectivity index (χ3n) is 2.47. The van der Waals surface area contributed by atoms with Crippen LogP contribution in [-0.2, 0) is 6.54 Å². The summed E-state index contributed by atoms with van der Waals surface area (Å²) >= 11 is 7.79. The van der Waals surface area contributed by atoms with Crippen LogP contribution in [0.3, 0.4) is 0 Å². The molecule has 0 spiro atoms. The molecule has 1 aromatic carbocycles. The topological polar surface area (TPSA) is 24.9 Å². The molecule has 0 bridgehead atoms. The Morgan fingerprint density at radius 3 is 2.72 bits per heavy atom. The summed E-state index contributed by atoms with van der Waals surface area (Å²) < 4.78 is 0. The zero-order valence-electron chi connectivity index (χ0n) is 10.2. The van der Waals surface area contributed by atoms with Crippen molar-refractivity contribution in [3.63, 3.8) is 0 Å². The van der Waals surface area contributed by atoms with Gasteiger partial charge in [0.1, 0.15) is 0 Å². The number of hydrogen-bond acceptors (Lipinski definition) is 3. The van der Waals surface area contributed by atoms with Gasteiger partial charge in [-0.3, -0.25) is 4.98 Å². The van der Waals surface area contributed by atoms with E-state index in [2.05, 4.69) is 23.3 Å². The quantitative estimate of drug-likeness (QED) is 0.895. The Hall–Kier alpha value is -1.03. The largest absolute Gasteiger partial charge is 0.313 e. The first-order valence-electron chi connectivity index (χ1n) is 5.86. The van der Waals surface area contributed by atoms with E-state index in [9.17, 15) is 0 Å². The van der Waals surface area contributed by atoms with Gasteiger partial charge >= 0.3 is 0 Å². The minimum Gasteiger partial charge on any atom is -0.313 e. The highest BCUT2D eigenvalue weighted by atomic mass is 35.5. The van der Waals surface area contributed by atoms with Gasteiger partial charge in [-0.25, -0.2) is 0 Å². The third kappa shape index (κ3) is 3.73. The van der Waals surface area contributed by atoms with Crippen LogP contribution in [0.5, 0.6) is 0 Å². The van der Waals surface area contributed by atoms with Gasteiger partial charge in [0.05, 0.1) is 0 Å². The average molecular weight is 279 g/mol. The number of nitrogens with zero attached hydrogens (tertiary/aromatic N) is 1. The van der Waals surface area contributed by atoms with Gasteiger partial charge in [-0.05, 0) is 42.4 Å². The molecule has 0 fully saturated rings. The van der Waals surface area contributed by atoms with Gasteiger partial charge < -0.3 is 5.32 Å². The molecular formula is C14H15ClN2S.